The van der Waals surface area contributed by atoms with E-state index in [9.17, 15) is 17.6 Å². The summed E-state index contributed by atoms with van der Waals surface area (Å²) in [5.74, 6) is -0.794. The van der Waals surface area contributed by atoms with E-state index in [0.29, 0.717) is 0 Å². The minimum Gasteiger partial charge on any atom is -0.494 e. The smallest absolute Gasteiger partial charge is 0.404 e. The zero-order valence-corrected chi connectivity index (χ0v) is 10.1. The van der Waals surface area contributed by atoms with Crippen LogP contribution in [0.3, 0.4) is 0 Å². The molecule has 0 aliphatic carbocycles. The summed E-state index contributed by atoms with van der Waals surface area (Å²) < 4.78 is 56.5. The van der Waals surface area contributed by atoms with Crippen LogP contribution in [0.15, 0.2) is 18.2 Å². The first-order chi connectivity index (χ1) is 8.40. The van der Waals surface area contributed by atoms with Crippen molar-refractivity contribution in [3.8, 4) is 5.75 Å². The molecule has 6 heteroatoms. The van der Waals surface area contributed by atoms with Gasteiger partial charge < -0.3 is 10.1 Å². The Morgan fingerprint density at radius 3 is 2.50 bits per heavy atom. The van der Waals surface area contributed by atoms with Crippen molar-refractivity contribution in [3.05, 3.63) is 29.6 Å². The van der Waals surface area contributed by atoms with Crippen molar-refractivity contribution in [1.29, 1.82) is 0 Å². The summed E-state index contributed by atoms with van der Waals surface area (Å²) in [6.45, 7) is 1.73. The van der Waals surface area contributed by atoms with Gasteiger partial charge in [-0.1, -0.05) is 19.1 Å². The van der Waals surface area contributed by atoms with E-state index in [1.807, 2.05) is 0 Å². The summed E-state index contributed by atoms with van der Waals surface area (Å²) in [5, 5.41) is 2.30. The maximum Gasteiger partial charge on any atom is 0.404 e. The second-order valence-corrected chi connectivity index (χ2v) is 3.79. The lowest BCUT2D eigenvalue weighted by Gasteiger charge is -2.21. The number of alkyl halides is 3. The first-order valence-electron chi connectivity index (χ1n) is 5.51. The lowest BCUT2D eigenvalue weighted by atomic mass is 10.0. The molecule has 0 aliphatic heterocycles. The molecule has 0 spiro atoms. The normalized spacial score (nSPS) is 13.4. The van der Waals surface area contributed by atoms with Crippen molar-refractivity contribution in [1.82, 2.24) is 5.32 Å². The van der Waals surface area contributed by atoms with Crippen LogP contribution in [0.5, 0.6) is 5.75 Å². The number of ether oxygens (including phenoxy) is 1. The Morgan fingerprint density at radius 2 is 2.00 bits per heavy atom. The Balaban J connectivity index is 2.94. The van der Waals surface area contributed by atoms with Gasteiger partial charge >= 0.3 is 6.18 Å². The Hall–Kier alpha value is -1.30. The lowest BCUT2D eigenvalue weighted by molar-refractivity contribution is -0.155. The third kappa shape index (κ3) is 3.60. The third-order valence-electron chi connectivity index (χ3n) is 2.53. The van der Waals surface area contributed by atoms with Crippen LogP contribution in [-0.2, 0) is 6.42 Å². The highest BCUT2D eigenvalue weighted by Gasteiger charge is 2.39. The molecule has 1 rings (SSSR count). The van der Waals surface area contributed by atoms with Gasteiger partial charge in [-0.25, -0.2) is 4.39 Å². The van der Waals surface area contributed by atoms with E-state index in [1.54, 1.807) is 6.92 Å². The predicted octanol–water partition coefficient (Wildman–Crippen LogP) is 2.92. The van der Waals surface area contributed by atoms with E-state index >= 15 is 0 Å². The standard InChI is InChI=1S/C12H15F4NO/c1-3-17-10(12(14,15)16)7-8-5-4-6-9(18-2)11(8)13/h4-6,10,17H,3,7H2,1-2H3. The topological polar surface area (TPSA) is 21.3 Å². The summed E-state index contributed by atoms with van der Waals surface area (Å²) in [6.07, 6.45) is -4.87. The molecular weight excluding hydrogens is 250 g/mol. The number of likely N-dealkylation sites (N-methyl/N-ethyl adjacent to an activating group) is 1. The van der Waals surface area contributed by atoms with Gasteiger partial charge in [0.2, 0.25) is 0 Å². The molecule has 0 saturated heterocycles. The molecule has 0 radical (unpaired) electrons. The minimum absolute atomic E-state index is 0.0161. The van der Waals surface area contributed by atoms with Gasteiger partial charge in [0.25, 0.3) is 0 Å². The highest BCUT2D eigenvalue weighted by molar-refractivity contribution is 5.31. The molecule has 0 aromatic heterocycles. The quantitative estimate of drug-likeness (QED) is 0.826. The zero-order valence-electron chi connectivity index (χ0n) is 10.1. The van der Waals surface area contributed by atoms with E-state index in [0.717, 1.165) is 0 Å². The molecule has 0 bridgehead atoms. The number of benzene rings is 1. The third-order valence-corrected chi connectivity index (χ3v) is 2.53. The van der Waals surface area contributed by atoms with Gasteiger partial charge in [-0.15, -0.1) is 0 Å². The molecule has 2 nitrogen and oxygen atoms in total. The molecule has 0 heterocycles. The van der Waals surface area contributed by atoms with Crippen LogP contribution in [0.25, 0.3) is 0 Å². The monoisotopic (exact) mass is 265 g/mol. The summed E-state index contributed by atoms with van der Waals surface area (Å²) in [7, 11) is 1.27. The molecule has 0 aliphatic rings. The highest BCUT2D eigenvalue weighted by Crippen LogP contribution is 2.26. The van der Waals surface area contributed by atoms with E-state index in [-0.39, 0.29) is 17.9 Å². The average molecular weight is 265 g/mol. The van der Waals surface area contributed by atoms with Crippen molar-refractivity contribution in [3.63, 3.8) is 0 Å². The summed E-state index contributed by atoms with van der Waals surface area (Å²) in [4.78, 5) is 0. The van der Waals surface area contributed by atoms with Crippen LogP contribution in [0.2, 0.25) is 0 Å². The second-order valence-electron chi connectivity index (χ2n) is 3.79. The van der Waals surface area contributed by atoms with Gasteiger partial charge in [0.15, 0.2) is 11.6 Å². The predicted molar refractivity (Wildman–Crippen MR) is 60.2 cm³/mol. The zero-order chi connectivity index (χ0) is 13.8. The second kappa shape index (κ2) is 6.04. The maximum absolute atomic E-state index is 13.7. The minimum atomic E-state index is -4.41. The van der Waals surface area contributed by atoms with Gasteiger partial charge in [-0.05, 0) is 24.6 Å². The van der Waals surface area contributed by atoms with E-state index < -0.39 is 24.5 Å². The largest absolute Gasteiger partial charge is 0.494 e. The Kier molecular flexibility index (Phi) is 4.95. The van der Waals surface area contributed by atoms with Crippen molar-refractivity contribution in [2.45, 2.75) is 25.6 Å². The maximum atomic E-state index is 13.7. The van der Waals surface area contributed by atoms with Gasteiger partial charge in [0, 0.05) is 0 Å². The number of methoxy groups -OCH3 is 1. The summed E-state index contributed by atoms with van der Waals surface area (Å²) >= 11 is 0. The molecule has 18 heavy (non-hydrogen) atoms. The van der Waals surface area contributed by atoms with Crippen LogP contribution >= 0.6 is 0 Å². The van der Waals surface area contributed by atoms with Crippen LogP contribution in [0.1, 0.15) is 12.5 Å². The molecule has 1 aromatic carbocycles. The van der Waals surface area contributed by atoms with Crippen LogP contribution < -0.4 is 10.1 Å². The number of rotatable bonds is 5. The fourth-order valence-corrected chi connectivity index (χ4v) is 1.64. The molecule has 1 unspecified atom stereocenters. The molecule has 1 aromatic rings. The van der Waals surface area contributed by atoms with Crippen molar-refractivity contribution >= 4 is 0 Å². The van der Waals surface area contributed by atoms with Gasteiger partial charge in [-0.3, -0.25) is 0 Å². The van der Waals surface area contributed by atoms with Crippen molar-refractivity contribution in [2.75, 3.05) is 13.7 Å². The number of hydrogen-bond acceptors (Lipinski definition) is 2. The van der Waals surface area contributed by atoms with E-state index in [2.05, 4.69) is 5.32 Å². The molecule has 0 fully saturated rings. The molecule has 1 N–H and O–H groups in total. The number of halogens is 4. The van der Waals surface area contributed by atoms with Crippen molar-refractivity contribution in [2.24, 2.45) is 0 Å². The van der Waals surface area contributed by atoms with Crippen LogP contribution in [0.4, 0.5) is 17.6 Å². The summed E-state index contributed by atoms with van der Waals surface area (Å²) in [5.41, 5.74) is -0.0161. The number of nitrogens with one attached hydrogen (secondary N) is 1. The van der Waals surface area contributed by atoms with E-state index in [4.69, 9.17) is 4.74 Å². The Labute approximate surface area is 103 Å². The fourth-order valence-electron chi connectivity index (χ4n) is 1.64. The van der Waals surface area contributed by atoms with Crippen LogP contribution in [0, 0.1) is 5.82 Å². The molecular formula is C12H15F4NO. The highest BCUT2D eigenvalue weighted by atomic mass is 19.4. The number of hydrogen-bond donors (Lipinski definition) is 1. The molecule has 1 atom stereocenters. The average Bonchev–Trinajstić information content (AvgIpc) is 2.29. The van der Waals surface area contributed by atoms with Gasteiger partial charge in [0.05, 0.1) is 7.11 Å². The fraction of sp³-hybridized carbons (Fsp3) is 0.500. The molecule has 0 amide bonds. The van der Waals surface area contributed by atoms with Crippen molar-refractivity contribution < 1.29 is 22.3 Å². The first-order valence-corrected chi connectivity index (χ1v) is 5.51. The Bertz CT molecular complexity index is 392. The molecule has 0 saturated carbocycles. The van der Waals surface area contributed by atoms with Crippen LogP contribution in [-0.4, -0.2) is 25.9 Å². The van der Waals surface area contributed by atoms with Gasteiger partial charge in [0.1, 0.15) is 6.04 Å². The van der Waals surface area contributed by atoms with Gasteiger partial charge in [-0.2, -0.15) is 13.2 Å². The van der Waals surface area contributed by atoms with E-state index in [1.165, 1.54) is 25.3 Å². The SMILES string of the molecule is CCNC(Cc1cccc(OC)c1F)C(F)(F)F. The first kappa shape index (κ1) is 14.8. The molecule has 102 valence electrons. The lowest BCUT2D eigenvalue weighted by Crippen LogP contribution is -2.43. The Morgan fingerprint density at radius 1 is 1.33 bits per heavy atom. The summed E-state index contributed by atoms with van der Waals surface area (Å²) in [6, 6.07) is 2.41.